The van der Waals surface area contributed by atoms with Crippen LogP contribution >= 0.6 is 0 Å². The van der Waals surface area contributed by atoms with E-state index in [-0.39, 0.29) is 18.5 Å². The highest BCUT2D eigenvalue weighted by atomic mass is 16.5. The first-order valence-corrected chi connectivity index (χ1v) is 6.20. The van der Waals surface area contributed by atoms with Crippen molar-refractivity contribution in [3.63, 3.8) is 0 Å². The third-order valence-electron chi connectivity index (χ3n) is 3.37. The highest BCUT2D eigenvalue weighted by molar-refractivity contribution is 5.81. The predicted octanol–water partition coefficient (Wildman–Crippen LogP) is -0.402. The molecule has 1 heterocycles. The molecule has 5 heteroatoms. The highest BCUT2D eigenvalue weighted by Crippen LogP contribution is 2.21. The summed E-state index contributed by atoms with van der Waals surface area (Å²) in [6.45, 7) is 3.63. The topological polar surface area (TPSA) is 61.8 Å². The second-order valence-corrected chi connectivity index (χ2v) is 4.85. The Bertz CT molecular complexity index is 319. The average molecular weight is 254 g/mol. The molecule has 0 aromatic rings. The van der Waals surface area contributed by atoms with Crippen molar-refractivity contribution in [2.24, 2.45) is 0 Å². The van der Waals surface area contributed by atoms with Gasteiger partial charge in [-0.25, -0.2) is 0 Å². The number of aliphatic hydroxyl groups is 1. The Kier molecular flexibility index (Phi) is 5.60. The lowest BCUT2D eigenvalue weighted by Crippen LogP contribution is -2.51. The Balaban J connectivity index is 2.45. The van der Waals surface area contributed by atoms with E-state index in [4.69, 9.17) is 11.2 Å². The van der Waals surface area contributed by atoms with Crippen molar-refractivity contribution in [2.45, 2.75) is 31.4 Å². The minimum atomic E-state index is -0.756. The molecule has 2 N–H and O–H groups in total. The van der Waals surface area contributed by atoms with Gasteiger partial charge in [-0.3, -0.25) is 9.69 Å². The summed E-state index contributed by atoms with van der Waals surface area (Å²) in [6, 6.07) is -0.315. The smallest absolute Gasteiger partial charge is 0.237 e. The molecular formula is C13H22N2O3. The van der Waals surface area contributed by atoms with Crippen LogP contribution in [0.3, 0.4) is 0 Å². The van der Waals surface area contributed by atoms with Gasteiger partial charge in [0.15, 0.2) is 0 Å². The van der Waals surface area contributed by atoms with Gasteiger partial charge in [0.05, 0.1) is 18.2 Å². The lowest BCUT2D eigenvalue weighted by atomic mass is 9.93. The number of likely N-dealkylation sites (N-methyl/N-ethyl adjacent to an activating group) is 1. The molecule has 1 fully saturated rings. The van der Waals surface area contributed by atoms with Crippen LogP contribution in [0.1, 0.15) is 19.8 Å². The van der Waals surface area contributed by atoms with Crippen molar-refractivity contribution in [1.29, 1.82) is 0 Å². The molecular weight excluding hydrogens is 232 g/mol. The number of terminal acetylenes is 1. The van der Waals surface area contributed by atoms with Gasteiger partial charge in [-0.05, 0) is 14.0 Å². The van der Waals surface area contributed by atoms with Crippen molar-refractivity contribution < 1.29 is 14.6 Å². The Labute approximate surface area is 108 Å². The summed E-state index contributed by atoms with van der Waals surface area (Å²) < 4.78 is 5.23. The van der Waals surface area contributed by atoms with Crippen molar-refractivity contribution in [3.8, 4) is 12.3 Å². The molecule has 5 nitrogen and oxygen atoms in total. The average Bonchev–Trinajstić information content (AvgIpc) is 2.35. The number of ether oxygens (including phenoxy) is 1. The number of rotatable bonds is 5. The Morgan fingerprint density at radius 3 is 2.78 bits per heavy atom. The summed E-state index contributed by atoms with van der Waals surface area (Å²) in [7, 11) is 1.83. The van der Waals surface area contributed by atoms with E-state index in [9.17, 15) is 9.90 Å². The molecule has 0 aromatic heterocycles. The van der Waals surface area contributed by atoms with Gasteiger partial charge in [0.25, 0.3) is 0 Å². The second kappa shape index (κ2) is 6.74. The highest BCUT2D eigenvalue weighted by Gasteiger charge is 2.33. The third-order valence-corrected chi connectivity index (χ3v) is 3.37. The Morgan fingerprint density at radius 2 is 2.22 bits per heavy atom. The van der Waals surface area contributed by atoms with E-state index in [1.54, 1.807) is 6.92 Å². The minimum Gasteiger partial charge on any atom is -0.388 e. The van der Waals surface area contributed by atoms with E-state index in [1.165, 1.54) is 0 Å². The zero-order chi connectivity index (χ0) is 13.6. The fourth-order valence-corrected chi connectivity index (χ4v) is 2.00. The van der Waals surface area contributed by atoms with Crippen LogP contribution in [0.25, 0.3) is 0 Å². The van der Waals surface area contributed by atoms with Gasteiger partial charge in [0.1, 0.15) is 0 Å². The normalized spacial score (nSPS) is 20.2. The maximum Gasteiger partial charge on any atom is 0.237 e. The van der Waals surface area contributed by atoms with E-state index in [1.807, 2.05) is 11.9 Å². The van der Waals surface area contributed by atoms with E-state index in [0.29, 0.717) is 32.6 Å². The predicted molar refractivity (Wildman–Crippen MR) is 68.9 cm³/mol. The van der Waals surface area contributed by atoms with Crippen molar-refractivity contribution >= 4 is 5.91 Å². The van der Waals surface area contributed by atoms with Gasteiger partial charge < -0.3 is 15.2 Å². The first kappa shape index (κ1) is 15.0. The third kappa shape index (κ3) is 4.30. The summed E-state index contributed by atoms with van der Waals surface area (Å²) in [5.41, 5.74) is -0.756. The number of carbonyl (C=O) groups is 1. The lowest BCUT2D eigenvalue weighted by molar-refractivity contribution is -0.127. The van der Waals surface area contributed by atoms with Gasteiger partial charge in [-0.15, -0.1) is 6.42 Å². The zero-order valence-electron chi connectivity index (χ0n) is 11.1. The molecule has 1 rings (SSSR count). The monoisotopic (exact) mass is 254 g/mol. The molecule has 1 unspecified atom stereocenters. The fourth-order valence-electron chi connectivity index (χ4n) is 2.00. The van der Waals surface area contributed by atoms with E-state index in [2.05, 4.69) is 11.2 Å². The number of nitrogens with zero attached hydrogens (tertiary/aromatic N) is 1. The number of hydrogen-bond acceptors (Lipinski definition) is 4. The maximum atomic E-state index is 11.7. The molecule has 0 bridgehead atoms. The molecule has 1 aliphatic heterocycles. The summed E-state index contributed by atoms with van der Waals surface area (Å²) in [6.07, 6.45) is 6.31. The summed E-state index contributed by atoms with van der Waals surface area (Å²) in [5, 5.41) is 13.0. The lowest BCUT2D eigenvalue weighted by Gasteiger charge is -2.37. The molecule has 1 amide bonds. The Morgan fingerprint density at radius 1 is 1.61 bits per heavy atom. The van der Waals surface area contributed by atoms with Crippen molar-refractivity contribution in [1.82, 2.24) is 10.2 Å². The molecule has 102 valence electrons. The van der Waals surface area contributed by atoms with Crippen LogP contribution in [-0.2, 0) is 9.53 Å². The maximum absolute atomic E-state index is 11.7. The standard InChI is InChI=1S/C13H22N2O3/c1-4-7-14-12(16)11(2)15(3)10-13(17)5-8-18-9-6-13/h1,11,17H,5-10H2,2-3H3,(H,14,16). The minimum absolute atomic E-state index is 0.119. The number of carbonyl (C=O) groups excluding carboxylic acids is 1. The molecule has 1 saturated heterocycles. The molecule has 0 radical (unpaired) electrons. The Hall–Kier alpha value is -1.09. The van der Waals surface area contributed by atoms with Crippen molar-refractivity contribution in [2.75, 3.05) is 33.4 Å². The largest absolute Gasteiger partial charge is 0.388 e. The van der Waals surface area contributed by atoms with Crippen LogP contribution in [0.4, 0.5) is 0 Å². The quantitative estimate of drug-likeness (QED) is 0.655. The summed E-state index contributed by atoms with van der Waals surface area (Å²) in [5.74, 6) is 2.25. The molecule has 0 saturated carbocycles. The van der Waals surface area contributed by atoms with Crippen LogP contribution in [-0.4, -0.2) is 60.9 Å². The van der Waals surface area contributed by atoms with E-state index < -0.39 is 5.60 Å². The molecule has 0 spiro atoms. The molecule has 1 aliphatic rings. The van der Waals surface area contributed by atoms with Gasteiger partial charge in [0.2, 0.25) is 5.91 Å². The first-order chi connectivity index (χ1) is 8.48. The molecule has 0 aliphatic carbocycles. The molecule has 1 atom stereocenters. The summed E-state index contributed by atoms with van der Waals surface area (Å²) in [4.78, 5) is 13.6. The fraction of sp³-hybridized carbons (Fsp3) is 0.769. The molecule has 0 aromatic carbocycles. The van der Waals surface area contributed by atoms with E-state index in [0.717, 1.165) is 0 Å². The zero-order valence-corrected chi connectivity index (χ0v) is 11.1. The first-order valence-electron chi connectivity index (χ1n) is 6.20. The molecule has 18 heavy (non-hydrogen) atoms. The van der Waals surface area contributed by atoms with Gasteiger partial charge >= 0.3 is 0 Å². The second-order valence-electron chi connectivity index (χ2n) is 4.85. The van der Waals surface area contributed by atoms with Crippen LogP contribution in [0.5, 0.6) is 0 Å². The van der Waals surface area contributed by atoms with Crippen molar-refractivity contribution in [3.05, 3.63) is 0 Å². The van der Waals surface area contributed by atoms with Gasteiger partial charge in [-0.1, -0.05) is 5.92 Å². The van der Waals surface area contributed by atoms with Crippen LogP contribution in [0, 0.1) is 12.3 Å². The van der Waals surface area contributed by atoms with Gasteiger partial charge in [-0.2, -0.15) is 0 Å². The number of hydrogen-bond donors (Lipinski definition) is 2. The van der Waals surface area contributed by atoms with E-state index >= 15 is 0 Å². The summed E-state index contributed by atoms with van der Waals surface area (Å²) >= 11 is 0. The van der Waals surface area contributed by atoms with Crippen LogP contribution in [0.15, 0.2) is 0 Å². The number of nitrogens with one attached hydrogen (secondary N) is 1. The van der Waals surface area contributed by atoms with Gasteiger partial charge in [0, 0.05) is 32.6 Å². The van der Waals surface area contributed by atoms with Crippen LogP contribution in [0.2, 0.25) is 0 Å². The SMILES string of the molecule is C#CCNC(=O)C(C)N(C)CC1(O)CCOCC1. The number of amides is 1. The van der Waals surface area contributed by atoms with Crippen LogP contribution < -0.4 is 5.32 Å².